The Kier molecular flexibility index (Phi) is 17.6. The van der Waals surface area contributed by atoms with Crippen molar-refractivity contribution in [2.45, 2.75) is 96.8 Å². The third kappa shape index (κ3) is 14.4. The van der Waals surface area contributed by atoms with Crippen LogP contribution in [0.3, 0.4) is 0 Å². The Morgan fingerprint density at radius 3 is 1.34 bits per heavy atom. The van der Waals surface area contributed by atoms with Crippen molar-refractivity contribution in [1.29, 1.82) is 5.26 Å². The molecule has 0 amide bonds. The van der Waals surface area contributed by atoms with E-state index < -0.39 is 17.9 Å². The van der Waals surface area contributed by atoms with Gasteiger partial charge in [-0.3, -0.25) is 0 Å². The van der Waals surface area contributed by atoms with Gasteiger partial charge in [0.05, 0.1) is 34.9 Å². The van der Waals surface area contributed by atoms with Gasteiger partial charge in [-0.2, -0.15) is 5.26 Å². The van der Waals surface area contributed by atoms with E-state index in [2.05, 4.69) is 6.92 Å². The fourth-order valence-corrected chi connectivity index (χ4v) is 6.47. The van der Waals surface area contributed by atoms with Crippen LogP contribution in [-0.2, 0) is 0 Å². The van der Waals surface area contributed by atoms with Crippen molar-refractivity contribution in [2.75, 3.05) is 6.61 Å². The lowest BCUT2D eigenvalue weighted by Crippen LogP contribution is -2.10. The highest BCUT2D eigenvalue weighted by atomic mass is 16.5. The normalized spacial score (nSPS) is 10.7. The number of hydrogen-bond acceptors (Lipinski definition) is 8. The summed E-state index contributed by atoms with van der Waals surface area (Å²) in [6.07, 6.45) is 18.4. The molecule has 0 aliphatic heterocycles. The third-order valence-corrected chi connectivity index (χ3v) is 9.85. The van der Waals surface area contributed by atoms with Gasteiger partial charge in [0, 0.05) is 0 Å². The molecule has 0 heterocycles. The molecule has 5 rings (SSSR count). The van der Waals surface area contributed by atoms with Crippen LogP contribution in [-0.4, -0.2) is 24.5 Å². The fourth-order valence-electron chi connectivity index (χ4n) is 6.47. The standard InChI is InChI=1S/C50H53NO7/c1-2-3-4-5-6-7-8-9-10-11-12-13-14-15-35-55-44-31-25-41(26-32-44)49(53)57-46-33-27-42(28-34-46)50(54)58-47-18-16-17-43(36-47)39-21-23-40(24-22-39)48(52)56-45-29-19-38(37-51)20-30-45/h16-34,36H,2-15,35H2,1H3. The number of unbranched alkanes of at least 4 members (excludes halogenated alkanes) is 13. The number of hydrogen-bond donors (Lipinski definition) is 0. The maximum Gasteiger partial charge on any atom is 0.343 e. The second-order valence-electron chi connectivity index (χ2n) is 14.4. The summed E-state index contributed by atoms with van der Waals surface area (Å²) in [5, 5.41) is 8.95. The Balaban J connectivity index is 0.986. The topological polar surface area (TPSA) is 112 Å². The summed E-state index contributed by atoms with van der Waals surface area (Å²) in [7, 11) is 0. The first-order valence-electron chi connectivity index (χ1n) is 20.6. The lowest BCUT2D eigenvalue weighted by Gasteiger charge is -2.09. The average molecular weight is 780 g/mol. The van der Waals surface area contributed by atoms with Crippen molar-refractivity contribution < 1.29 is 33.3 Å². The van der Waals surface area contributed by atoms with Crippen LogP contribution >= 0.6 is 0 Å². The Morgan fingerprint density at radius 1 is 0.448 bits per heavy atom. The van der Waals surface area contributed by atoms with E-state index in [-0.39, 0.29) is 5.56 Å². The van der Waals surface area contributed by atoms with Gasteiger partial charge in [0.25, 0.3) is 0 Å². The minimum absolute atomic E-state index is 0.288. The number of carbonyl (C=O) groups excluding carboxylic acids is 3. The molecule has 5 aromatic carbocycles. The first-order chi connectivity index (χ1) is 28.4. The van der Waals surface area contributed by atoms with Crippen LogP contribution < -0.4 is 18.9 Å². The molecule has 0 N–H and O–H groups in total. The maximum absolute atomic E-state index is 13.0. The van der Waals surface area contributed by atoms with E-state index >= 15 is 0 Å². The number of benzene rings is 5. The van der Waals surface area contributed by atoms with Crippen LogP contribution in [0.4, 0.5) is 0 Å². The van der Waals surface area contributed by atoms with E-state index in [0.717, 1.165) is 29.7 Å². The molecule has 0 bridgehead atoms. The molecule has 8 nitrogen and oxygen atoms in total. The van der Waals surface area contributed by atoms with Crippen LogP contribution in [0.2, 0.25) is 0 Å². The summed E-state index contributed by atoms with van der Waals surface area (Å²) in [4.78, 5) is 38.4. The monoisotopic (exact) mass is 779 g/mol. The molecular weight excluding hydrogens is 727 g/mol. The molecular formula is C50H53NO7. The van der Waals surface area contributed by atoms with Crippen molar-refractivity contribution in [1.82, 2.24) is 0 Å². The number of nitriles is 1. The molecule has 58 heavy (non-hydrogen) atoms. The smallest absolute Gasteiger partial charge is 0.343 e. The lowest BCUT2D eigenvalue weighted by atomic mass is 10.0. The van der Waals surface area contributed by atoms with Gasteiger partial charge >= 0.3 is 17.9 Å². The number of nitrogens with zero attached hydrogens (tertiary/aromatic N) is 1. The predicted molar refractivity (Wildman–Crippen MR) is 227 cm³/mol. The number of rotatable bonds is 23. The molecule has 0 fully saturated rings. The van der Waals surface area contributed by atoms with Crippen LogP contribution in [0.1, 0.15) is 133 Å². The zero-order chi connectivity index (χ0) is 40.8. The van der Waals surface area contributed by atoms with Gasteiger partial charge in [-0.05, 0) is 115 Å². The van der Waals surface area contributed by atoms with Crippen molar-refractivity contribution in [3.05, 3.63) is 144 Å². The Morgan fingerprint density at radius 2 is 0.862 bits per heavy atom. The van der Waals surface area contributed by atoms with Gasteiger partial charge in [-0.1, -0.05) is 115 Å². The summed E-state index contributed by atoms with van der Waals surface area (Å²) < 4.78 is 22.5. The first-order valence-corrected chi connectivity index (χ1v) is 20.6. The second-order valence-corrected chi connectivity index (χ2v) is 14.4. The molecule has 8 heteroatoms. The molecule has 0 atom stereocenters. The highest BCUT2D eigenvalue weighted by Gasteiger charge is 2.14. The molecule has 300 valence electrons. The number of ether oxygens (including phenoxy) is 4. The Labute approximate surface area is 342 Å². The number of esters is 3. The summed E-state index contributed by atoms with van der Waals surface area (Å²) in [5.41, 5.74) is 3.10. The van der Waals surface area contributed by atoms with E-state index in [1.807, 2.05) is 12.1 Å². The molecule has 0 saturated carbocycles. The molecule has 5 aromatic rings. The van der Waals surface area contributed by atoms with Crippen molar-refractivity contribution in [3.63, 3.8) is 0 Å². The highest BCUT2D eigenvalue weighted by molar-refractivity contribution is 5.93. The van der Waals surface area contributed by atoms with Gasteiger partial charge in [0.15, 0.2) is 0 Å². The highest BCUT2D eigenvalue weighted by Crippen LogP contribution is 2.26. The van der Waals surface area contributed by atoms with Gasteiger partial charge in [-0.15, -0.1) is 0 Å². The van der Waals surface area contributed by atoms with E-state index in [1.165, 1.54) is 77.0 Å². The Bertz CT molecular complexity index is 2070. The van der Waals surface area contributed by atoms with Gasteiger partial charge in [-0.25, -0.2) is 14.4 Å². The van der Waals surface area contributed by atoms with Crippen molar-refractivity contribution >= 4 is 17.9 Å². The van der Waals surface area contributed by atoms with E-state index in [4.69, 9.17) is 24.2 Å². The zero-order valence-electron chi connectivity index (χ0n) is 33.5. The predicted octanol–water partition coefficient (Wildman–Crippen LogP) is 12.7. The quantitative estimate of drug-likeness (QED) is 0.0366. The molecule has 0 aromatic heterocycles. The summed E-state index contributed by atoms with van der Waals surface area (Å²) in [5.74, 6) is 0.0961. The number of carbonyl (C=O) groups is 3. The van der Waals surface area contributed by atoms with Gasteiger partial charge in [0.1, 0.15) is 23.0 Å². The molecule has 0 radical (unpaired) electrons. The van der Waals surface area contributed by atoms with Gasteiger partial charge in [0.2, 0.25) is 0 Å². The molecule has 0 aliphatic carbocycles. The SMILES string of the molecule is CCCCCCCCCCCCCCCCOc1ccc(C(=O)Oc2ccc(C(=O)Oc3cccc(-c4ccc(C(=O)Oc5ccc(C#N)cc5)cc4)c3)cc2)cc1. The molecule has 0 unspecified atom stereocenters. The van der Waals surface area contributed by atoms with E-state index in [1.54, 1.807) is 115 Å². The van der Waals surface area contributed by atoms with Crippen LogP contribution in [0.25, 0.3) is 11.1 Å². The summed E-state index contributed by atoms with van der Waals surface area (Å²) in [6.45, 7) is 2.92. The summed E-state index contributed by atoms with van der Waals surface area (Å²) in [6, 6.07) is 35.3. The minimum Gasteiger partial charge on any atom is -0.494 e. The first kappa shape index (κ1) is 42.9. The van der Waals surface area contributed by atoms with Crippen LogP contribution in [0.5, 0.6) is 23.0 Å². The molecule has 0 aliphatic rings. The lowest BCUT2D eigenvalue weighted by molar-refractivity contribution is 0.0723. The largest absolute Gasteiger partial charge is 0.494 e. The molecule has 0 spiro atoms. The van der Waals surface area contributed by atoms with Crippen LogP contribution in [0.15, 0.2) is 121 Å². The maximum atomic E-state index is 13.0. The zero-order valence-corrected chi connectivity index (χ0v) is 33.5. The average Bonchev–Trinajstić information content (AvgIpc) is 3.26. The van der Waals surface area contributed by atoms with Crippen LogP contribution in [0, 0.1) is 11.3 Å². The second kappa shape index (κ2) is 23.8. The van der Waals surface area contributed by atoms with Gasteiger partial charge < -0.3 is 18.9 Å². The van der Waals surface area contributed by atoms with Crippen molar-refractivity contribution in [2.24, 2.45) is 0 Å². The molecule has 0 saturated heterocycles. The fraction of sp³-hybridized carbons (Fsp3) is 0.320. The van der Waals surface area contributed by atoms with E-state index in [9.17, 15) is 14.4 Å². The van der Waals surface area contributed by atoms with Crippen molar-refractivity contribution in [3.8, 4) is 40.2 Å². The summed E-state index contributed by atoms with van der Waals surface area (Å²) >= 11 is 0. The minimum atomic E-state index is -0.569. The third-order valence-electron chi connectivity index (χ3n) is 9.85. The van der Waals surface area contributed by atoms with E-state index in [0.29, 0.717) is 40.5 Å². The Hall–Kier alpha value is -6.20.